The normalized spacial score (nSPS) is 29.1. The molecule has 1 saturated heterocycles. The van der Waals surface area contributed by atoms with Crippen molar-refractivity contribution in [2.45, 2.75) is 25.3 Å². The molecule has 3 rings (SSSR count). The molecule has 5 heteroatoms. The Labute approximate surface area is 126 Å². The van der Waals surface area contributed by atoms with Crippen molar-refractivity contribution >= 4 is 21.6 Å². The van der Waals surface area contributed by atoms with Gasteiger partial charge in [0.25, 0.3) is 0 Å². The van der Waals surface area contributed by atoms with Crippen LogP contribution in [0.15, 0.2) is 16.6 Å². The second kappa shape index (κ2) is 5.34. The predicted molar refractivity (Wildman–Crippen MR) is 79.8 cm³/mol. The lowest BCUT2D eigenvalue weighted by Gasteiger charge is -2.29. The molecule has 0 aromatic heterocycles. The van der Waals surface area contributed by atoms with Crippen molar-refractivity contribution in [2.75, 3.05) is 18.0 Å². The Bertz CT molecular complexity index is 569. The van der Waals surface area contributed by atoms with Crippen LogP contribution in [0, 0.1) is 29.0 Å². The zero-order valence-electron chi connectivity index (χ0n) is 11.1. The summed E-state index contributed by atoms with van der Waals surface area (Å²) >= 11 is 3.18. The average Bonchev–Trinajstić information content (AvgIpc) is 2.87. The maximum Gasteiger partial charge on any atom is 0.161 e. The summed E-state index contributed by atoms with van der Waals surface area (Å²) in [5.74, 6) is 0.710. The number of hydrogen-bond donors (Lipinski definition) is 1. The van der Waals surface area contributed by atoms with Crippen molar-refractivity contribution in [1.82, 2.24) is 0 Å². The minimum Gasteiger partial charge on any atom is -0.368 e. The standard InChI is InChI=1S/C15H17BrFN3/c16-14-9(6-18)4-5-13(15(14)17)20-7-10-2-1-3-12(19)11(10)8-20/h4-5,10-12H,1-3,7-8,19H2. The Balaban J connectivity index is 1.88. The number of nitriles is 1. The summed E-state index contributed by atoms with van der Waals surface area (Å²) in [6, 6.07) is 5.61. The molecule has 1 aliphatic carbocycles. The zero-order chi connectivity index (χ0) is 14.3. The van der Waals surface area contributed by atoms with Crippen LogP contribution in [0.5, 0.6) is 0 Å². The molecule has 106 valence electrons. The summed E-state index contributed by atoms with van der Waals surface area (Å²) in [6.45, 7) is 1.69. The Morgan fingerprint density at radius 1 is 1.35 bits per heavy atom. The van der Waals surface area contributed by atoms with E-state index < -0.39 is 0 Å². The van der Waals surface area contributed by atoms with Crippen molar-refractivity contribution in [2.24, 2.45) is 17.6 Å². The van der Waals surface area contributed by atoms with Gasteiger partial charge in [0, 0.05) is 19.1 Å². The van der Waals surface area contributed by atoms with E-state index in [0.717, 1.165) is 19.5 Å². The molecule has 20 heavy (non-hydrogen) atoms. The van der Waals surface area contributed by atoms with Crippen LogP contribution >= 0.6 is 15.9 Å². The molecular formula is C15H17BrFN3. The summed E-state index contributed by atoms with van der Waals surface area (Å²) in [6.07, 6.45) is 3.44. The van der Waals surface area contributed by atoms with E-state index in [4.69, 9.17) is 11.0 Å². The molecule has 2 N–H and O–H groups in total. The molecule has 1 aliphatic heterocycles. The maximum absolute atomic E-state index is 14.4. The van der Waals surface area contributed by atoms with Crippen LogP contribution in [-0.4, -0.2) is 19.1 Å². The molecule has 3 unspecified atom stereocenters. The number of halogens is 2. The minimum absolute atomic E-state index is 0.239. The number of fused-ring (bicyclic) bond motifs is 1. The Morgan fingerprint density at radius 3 is 2.85 bits per heavy atom. The van der Waals surface area contributed by atoms with Gasteiger partial charge in [-0.2, -0.15) is 5.26 Å². The lowest BCUT2D eigenvalue weighted by atomic mass is 9.78. The molecule has 2 aliphatic rings. The van der Waals surface area contributed by atoms with Crippen LogP contribution in [0.4, 0.5) is 10.1 Å². The van der Waals surface area contributed by atoms with E-state index in [-0.39, 0.29) is 16.3 Å². The SMILES string of the molecule is N#Cc1ccc(N2CC3CCCC(N)C3C2)c(F)c1Br. The number of nitrogens with zero attached hydrogens (tertiary/aromatic N) is 2. The first kappa shape index (κ1) is 13.8. The van der Waals surface area contributed by atoms with Crippen molar-refractivity contribution in [3.63, 3.8) is 0 Å². The highest BCUT2D eigenvalue weighted by Gasteiger charge is 2.39. The smallest absolute Gasteiger partial charge is 0.161 e. The van der Waals surface area contributed by atoms with Gasteiger partial charge in [0.15, 0.2) is 5.82 Å². The highest BCUT2D eigenvalue weighted by atomic mass is 79.9. The average molecular weight is 338 g/mol. The quantitative estimate of drug-likeness (QED) is 0.856. The fourth-order valence-corrected chi connectivity index (χ4v) is 4.01. The van der Waals surface area contributed by atoms with Gasteiger partial charge in [-0.1, -0.05) is 6.42 Å². The summed E-state index contributed by atoms with van der Waals surface area (Å²) in [5, 5.41) is 8.93. The number of rotatable bonds is 1. The predicted octanol–water partition coefficient (Wildman–Crippen LogP) is 3.02. The summed E-state index contributed by atoms with van der Waals surface area (Å²) in [4.78, 5) is 2.09. The third-order valence-electron chi connectivity index (χ3n) is 4.68. The summed E-state index contributed by atoms with van der Waals surface area (Å²) in [7, 11) is 0. The maximum atomic E-state index is 14.4. The van der Waals surface area contributed by atoms with Gasteiger partial charge in [-0.25, -0.2) is 4.39 Å². The lowest BCUT2D eigenvalue weighted by Crippen LogP contribution is -2.38. The fourth-order valence-electron chi connectivity index (χ4n) is 3.58. The third-order valence-corrected chi connectivity index (χ3v) is 5.45. The van der Waals surface area contributed by atoms with Crippen LogP contribution in [0.2, 0.25) is 0 Å². The highest BCUT2D eigenvalue weighted by molar-refractivity contribution is 9.10. The second-order valence-electron chi connectivity index (χ2n) is 5.80. The van der Waals surface area contributed by atoms with Crippen molar-refractivity contribution in [1.29, 1.82) is 5.26 Å². The number of nitrogens with two attached hydrogens (primary N) is 1. The zero-order valence-corrected chi connectivity index (χ0v) is 12.7. The van der Waals surface area contributed by atoms with Gasteiger partial charge in [0.1, 0.15) is 6.07 Å². The highest BCUT2D eigenvalue weighted by Crippen LogP contribution is 2.39. The Morgan fingerprint density at radius 2 is 2.15 bits per heavy atom. The number of hydrogen-bond acceptors (Lipinski definition) is 3. The van der Waals surface area contributed by atoms with Crippen LogP contribution in [0.25, 0.3) is 0 Å². The Hall–Kier alpha value is -1.12. The molecule has 0 bridgehead atoms. The first-order valence-electron chi connectivity index (χ1n) is 7.00. The molecule has 3 atom stereocenters. The van der Waals surface area contributed by atoms with Gasteiger partial charge in [-0.3, -0.25) is 0 Å². The Kier molecular flexibility index (Phi) is 3.70. The molecule has 1 saturated carbocycles. The van der Waals surface area contributed by atoms with Crippen LogP contribution in [0.3, 0.4) is 0 Å². The molecular weight excluding hydrogens is 321 g/mol. The van der Waals surface area contributed by atoms with E-state index in [1.54, 1.807) is 12.1 Å². The molecule has 1 aromatic carbocycles. The van der Waals surface area contributed by atoms with Gasteiger partial charge in [0.05, 0.1) is 15.7 Å². The van der Waals surface area contributed by atoms with E-state index >= 15 is 0 Å². The number of benzene rings is 1. The van der Waals surface area contributed by atoms with Gasteiger partial charge < -0.3 is 10.6 Å². The fraction of sp³-hybridized carbons (Fsp3) is 0.533. The van der Waals surface area contributed by atoms with Gasteiger partial charge >= 0.3 is 0 Å². The molecule has 0 spiro atoms. The van der Waals surface area contributed by atoms with E-state index in [2.05, 4.69) is 20.8 Å². The summed E-state index contributed by atoms with van der Waals surface area (Å²) in [5.41, 5.74) is 7.12. The van der Waals surface area contributed by atoms with Gasteiger partial charge in [-0.15, -0.1) is 0 Å². The van der Waals surface area contributed by atoms with Crippen molar-refractivity contribution < 1.29 is 4.39 Å². The molecule has 3 nitrogen and oxygen atoms in total. The van der Waals surface area contributed by atoms with Crippen molar-refractivity contribution in [3.8, 4) is 6.07 Å². The molecule has 1 aromatic rings. The van der Waals surface area contributed by atoms with Crippen molar-refractivity contribution in [3.05, 3.63) is 28.0 Å². The third kappa shape index (κ3) is 2.21. The molecule has 0 radical (unpaired) electrons. The monoisotopic (exact) mass is 337 g/mol. The van der Waals surface area contributed by atoms with Crippen LogP contribution < -0.4 is 10.6 Å². The van der Waals surface area contributed by atoms with Gasteiger partial charge in [-0.05, 0) is 52.7 Å². The van der Waals surface area contributed by atoms with E-state index in [0.29, 0.717) is 23.1 Å². The summed E-state index contributed by atoms with van der Waals surface area (Å²) < 4.78 is 14.7. The first-order valence-corrected chi connectivity index (χ1v) is 7.79. The van der Waals surface area contributed by atoms with Crippen LogP contribution in [0.1, 0.15) is 24.8 Å². The lowest BCUT2D eigenvalue weighted by molar-refractivity contribution is 0.260. The second-order valence-corrected chi connectivity index (χ2v) is 6.59. The van der Waals surface area contributed by atoms with E-state index in [9.17, 15) is 4.39 Å². The van der Waals surface area contributed by atoms with Gasteiger partial charge in [0.2, 0.25) is 0 Å². The van der Waals surface area contributed by atoms with Crippen LogP contribution in [-0.2, 0) is 0 Å². The first-order chi connectivity index (χ1) is 9.61. The molecule has 2 fully saturated rings. The van der Waals surface area contributed by atoms with E-state index in [1.807, 2.05) is 6.07 Å². The minimum atomic E-state index is -0.337. The largest absolute Gasteiger partial charge is 0.368 e. The molecule has 0 amide bonds. The molecule has 1 heterocycles. The van der Waals surface area contributed by atoms with E-state index in [1.165, 1.54) is 12.8 Å². The number of anilines is 1. The topological polar surface area (TPSA) is 53.0 Å².